The summed E-state index contributed by atoms with van der Waals surface area (Å²) in [6, 6.07) is 8.61. The molecule has 0 bridgehead atoms. The largest absolute Gasteiger partial charge is 0.0955 e. The molecule has 0 heteroatoms. The Morgan fingerprint density at radius 1 is 1.19 bits per heavy atom. The zero-order chi connectivity index (χ0) is 12.0. The van der Waals surface area contributed by atoms with E-state index in [1.165, 1.54) is 16.7 Å². The molecule has 0 radical (unpaired) electrons. The number of allylic oxidation sites excluding steroid dienone is 5. The van der Waals surface area contributed by atoms with E-state index in [1.807, 2.05) is 6.92 Å². The van der Waals surface area contributed by atoms with Crippen LogP contribution < -0.4 is 0 Å². The second-order valence-corrected chi connectivity index (χ2v) is 4.19. The zero-order valence-corrected chi connectivity index (χ0v) is 10.5. The third-order valence-corrected chi connectivity index (χ3v) is 2.59. The van der Waals surface area contributed by atoms with Crippen LogP contribution in [0.25, 0.3) is 0 Å². The maximum Gasteiger partial charge on any atom is -0.00316 e. The quantitative estimate of drug-likeness (QED) is 0.639. The van der Waals surface area contributed by atoms with Crippen molar-refractivity contribution in [2.45, 2.75) is 27.2 Å². The van der Waals surface area contributed by atoms with Crippen molar-refractivity contribution in [1.82, 2.24) is 0 Å². The normalized spacial score (nSPS) is 12.1. The van der Waals surface area contributed by atoms with Gasteiger partial charge >= 0.3 is 0 Å². The van der Waals surface area contributed by atoms with Crippen LogP contribution in [0, 0.1) is 6.92 Å². The van der Waals surface area contributed by atoms with Crippen LogP contribution in [0.3, 0.4) is 0 Å². The van der Waals surface area contributed by atoms with E-state index in [2.05, 4.69) is 62.9 Å². The molecule has 0 saturated carbocycles. The highest BCUT2D eigenvalue weighted by atomic mass is 14.0. The topological polar surface area (TPSA) is 0 Å². The lowest BCUT2D eigenvalue weighted by atomic mass is 10.0. The summed E-state index contributed by atoms with van der Waals surface area (Å²) in [6.07, 6.45) is 7.22. The average Bonchev–Trinajstić information content (AvgIpc) is 2.29. The molecule has 0 heterocycles. The zero-order valence-electron chi connectivity index (χ0n) is 10.5. The first-order chi connectivity index (χ1) is 7.61. The lowest BCUT2D eigenvalue weighted by Crippen LogP contribution is -1.86. The Morgan fingerprint density at radius 2 is 1.81 bits per heavy atom. The first kappa shape index (κ1) is 12.5. The molecule has 16 heavy (non-hydrogen) atoms. The van der Waals surface area contributed by atoms with Crippen molar-refractivity contribution in [3.05, 3.63) is 71.3 Å². The summed E-state index contributed by atoms with van der Waals surface area (Å²) < 4.78 is 0. The molecule has 0 nitrogen and oxygen atoms in total. The van der Waals surface area contributed by atoms with Gasteiger partial charge in [0.05, 0.1) is 0 Å². The van der Waals surface area contributed by atoms with Gasteiger partial charge in [-0.1, -0.05) is 65.8 Å². The van der Waals surface area contributed by atoms with E-state index in [4.69, 9.17) is 0 Å². The van der Waals surface area contributed by atoms with Gasteiger partial charge in [-0.25, -0.2) is 0 Å². The summed E-state index contributed by atoms with van der Waals surface area (Å²) in [4.78, 5) is 0. The van der Waals surface area contributed by atoms with E-state index in [0.717, 1.165) is 12.0 Å². The first-order valence-corrected chi connectivity index (χ1v) is 5.66. The van der Waals surface area contributed by atoms with Crippen LogP contribution in [0.2, 0.25) is 0 Å². The Kier molecular flexibility index (Phi) is 4.78. The highest BCUT2D eigenvalue weighted by molar-refractivity contribution is 5.31. The average molecular weight is 212 g/mol. The van der Waals surface area contributed by atoms with Crippen molar-refractivity contribution in [3.8, 4) is 0 Å². The minimum atomic E-state index is 0.924. The molecule has 84 valence electrons. The molecule has 0 unspecified atom stereocenters. The van der Waals surface area contributed by atoms with Crippen molar-refractivity contribution in [1.29, 1.82) is 0 Å². The van der Waals surface area contributed by atoms with Crippen LogP contribution in [0.5, 0.6) is 0 Å². The van der Waals surface area contributed by atoms with Crippen LogP contribution in [0.4, 0.5) is 0 Å². The summed E-state index contributed by atoms with van der Waals surface area (Å²) in [7, 11) is 0. The van der Waals surface area contributed by atoms with Crippen molar-refractivity contribution in [2.75, 3.05) is 0 Å². The van der Waals surface area contributed by atoms with Crippen molar-refractivity contribution >= 4 is 0 Å². The van der Waals surface area contributed by atoms with E-state index in [-0.39, 0.29) is 0 Å². The van der Waals surface area contributed by atoms with Gasteiger partial charge in [-0.05, 0) is 32.8 Å². The molecule has 0 N–H and O–H groups in total. The Morgan fingerprint density at radius 3 is 2.38 bits per heavy atom. The van der Waals surface area contributed by atoms with Crippen LogP contribution in [-0.2, 0) is 6.42 Å². The van der Waals surface area contributed by atoms with Gasteiger partial charge in [0, 0.05) is 0 Å². The second-order valence-electron chi connectivity index (χ2n) is 4.19. The fourth-order valence-electron chi connectivity index (χ4n) is 1.37. The van der Waals surface area contributed by atoms with Crippen molar-refractivity contribution in [2.24, 2.45) is 0 Å². The van der Waals surface area contributed by atoms with Gasteiger partial charge in [0.15, 0.2) is 0 Å². The minimum Gasteiger partial charge on any atom is -0.0955 e. The molecular weight excluding hydrogens is 192 g/mol. The predicted octanol–water partition coefficient (Wildman–Crippen LogP) is 4.62. The molecule has 0 atom stereocenters. The predicted molar refractivity (Wildman–Crippen MR) is 72.6 cm³/mol. The van der Waals surface area contributed by atoms with E-state index < -0.39 is 0 Å². The highest BCUT2D eigenvalue weighted by Gasteiger charge is 1.94. The van der Waals surface area contributed by atoms with E-state index in [9.17, 15) is 0 Å². The minimum absolute atomic E-state index is 0.924. The first-order valence-electron chi connectivity index (χ1n) is 5.66. The smallest absolute Gasteiger partial charge is 0.00316 e. The van der Waals surface area contributed by atoms with Crippen LogP contribution in [0.1, 0.15) is 25.0 Å². The fraction of sp³-hybridized carbons (Fsp3) is 0.250. The number of aryl methyl sites for hydroxylation is 1. The van der Waals surface area contributed by atoms with Crippen LogP contribution in [-0.4, -0.2) is 0 Å². The molecule has 1 aromatic rings. The van der Waals surface area contributed by atoms with E-state index in [0.29, 0.717) is 0 Å². The summed E-state index contributed by atoms with van der Waals surface area (Å²) in [5.74, 6) is 0. The monoisotopic (exact) mass is 212 g/mol. The molecule has 0 spiro atoms. The summed E-state index contributed by atoms with van der Waals surface area (Å²) in [5.41, 5.74) is 5.03. The van der Waals surface area contributed by atoms with Crippen molar-refractivity contribution in [3.63, 3.8) is 0 Å². The fourth-order valence-corrected chi connectivity index (χ4v) is 1.37. The third-order valence-electron chi connectivity index (χ3n) is 2.59. The second kappa shape index (κ2) is 6.12. The van der Waals surface area contributed by atoms with Gasteiger partial charge in [0.1, 0.15) is 0 Å². The molecule has 1 rings (SSSR count). The van der Waals surface area contributed by atoms with Gasteiger partial charge in [-0.3, -0.25) is 0 Å². The van der Waals surface area contributed by atoms with Gasteiger partial charge in [0.2, 0.25) is 0 Å². The van der Waals surface area contributed by atoms with Gasteiger partial charge in [0.25, 0.3) is 0 Å². The molecule has 0 aliphatic heterocycles. The summed E-state index contributed by atoms with van der Waals surface area (Å²) >= 11 is 0. The number of hydrogen-bond acceptors (Lipinski definition) is 0. The van der Waals surface area contributed by atoms with E-state index in [1.54, 1.807) is 0 Å². The maximum atomic E-state index is 4.06. The van der Waals surface area contributed by atoms with Crippen LogP contribution in [0.15, 0.2) is 60.2 Å². The van der Waals surface area contributed by atoms with E-state index >= 15 is 0 Å². The third kappa shape index (κ3) is 4.31. The maximum absolute atomic E-state index is 4.06. The van der Waals surface area contributed by atoms with Gasteiger partial charge in [-0.2, -0.15) is 0 Å². The number of hydrogen-bond donors (Lipinski definition) is 0. The van der Waals surface area contributed by atoms with Gasteiger partial charge < -0.3 is 0 Å². The Bertz CT molecular complexity index is 402. The molecule has 1 aromatic carbocycles. The molecule has 0 saturated heterocycles. The lowest BCUT2D eigenvalue weighted by Gasteiger charge is -2.01. The number of benzene rings is 1. The Labute approximate surface area is 99.0 Å². The SMILES string of the molecule is C=C(/C=C\C(C)=C/C)Cc1ccc(C)cc1. The molecule has 0 fully saturated rings. The standard InChI is InChI=1S/C16H20/c1-5-13(2)6-7-15(4)12-16-10-8-14(3)9-11-16/h5-11H,4,12H2,1-3H3/b7-6-,13-5-. The Balaban J connectivity index is 2.58. The summed E-state index contributed by atoms with van der Waals surface area (Å²) in [6.45, 7) is 10.3. The molecule has 0 amide bonds. The van der Waals surface area contributed by atoms with Crippen molar-refractivity contribution < 1.29 is 0 Å². The summed E-state index contributed by atoms with van der Waals surface area (Å²) in [5, 5.41) is 0. The molecule has 0 aromatic heterocycles. The molecule has 0 aliphatic carbocycles. The van der Waals surface area contributed by atoms with Gasteiger partial charge in [-0.15, -0.1) is 0 Å². The van der Waals surface area contributed by atoms with Crippen LogP contribution >= 0.6 is 0 Å². The molecule has 0 aliphatic rings. The number of rotatable bonds is 4. The highest BCUT2D eigenvalue weighted by Crippen LogP contribution is 2.10. The lowest BCUT2D eigenvalue weighted by molar-refractivity contribution is 1.20. The Hall–Kier alpha value is -1.56. The molecular formula is C16H20.